The number of fused-ring (bicyclic) bond motifs is 5. The Balaban J connectivity index is 1.60. The van der Waals surface area contributed by atoms with Crippen molar-refractivity contribution in [3.8, 4) is 17.5 Å². The van der Waals surface area contributed by atoms with Crippen molar-refractivity contribution in [1.29, 1.82) is 5.26 Å². The Morgan fingerprint density at radius 3 is 2.72 bits per heavy atom. The van der Waals surface area contributed by atoms with Gasteiger partial charge in [0.2, 0.25) is 23.2 Å². The zero-order valence-electron chi connectivity index (χ0n) is 19.0. The number of hydrogen-bond donors (Lipinski definition) is 2. The standard InChI is InChI=1S/C23H18FN7O5/c1-9-8-31-17-11(6-23(19(31)10(2)35-9)20(32)28-22(34)29-21(23)33)5-12-16(30-36-18(12)15(17)24)13-3-4-26-14(7-25)27-13/h3-5,9-10,19H,6,8H2,1-2H3,(H2,28,29,32,33,34)/t9-,10+,19-/m1/s1. The van der Waals surface area contributed by atoms with Crippen molar-refractivity contribution in [2.45, 2.75) is 38.5 Å². The zero-order chi connectivity index (χ0) is 25.4. The second kappa shape index (κ2) is 7.53. The molecule has 5 heterocycles. The van der Waals surface area contributed by atoms with Gasteiger partial charge in [-0.1, -0.05) is 5.16 Å². The van der Waals surface area contributed by atoms with Crippen LogP contribution in [0.1, 0.15) is 25.2 Å². The van der Waals surface area contributed by atoms with Crippen LogP contribution in [0.15, 0.2) is 22.9 Å². The van der Waals surface area contributed by atoms with Gasteiger partial charge in [-0.05, 0) is 31.5 Å². The van der Waals surface area contributed by atoms with Crippen molar-refractivity contribution in [3.63, 3.8) is 0 Å². The summed E-state index contributed by atoms with van der Waals surface area (Å²) < 4.78 is 27.4. The number of rotatable bonds is 1. The molecule has 3 aromatic rings. The number of carbonyl (C=O) groups excluding carboxylic acids is 3. The predicted molar refractivity (Wildman–Crippen MR) is 119 cm³/mol. The lowest BCUT2D eigenvalue weighted by Crippen LogP contribution is -2.75. The van der Waals surface area contributed by atoms with Crippen LogP contribution in [0.3, 0.4) is 0 Å². The normalized spacial score (nSPS) is 24.7. The number of carbonyl (C=O) groups is 3. The van der Waals surface area contributed by atoms with E-state index in [1.807, 2.05) is 13.0 Å². The number of amides is 4. The maximum atomic E-state index is 16.1. The summed E-state index contributed by atoms with van der Waals surface area (Å²) in [6, 6.07) is 3.15. The Kier molecular flexibility index (Phi) is 4.61. The maximum Gasteiger partial charge on any atom is 0.328 e. The lowest BCUT2D eigenvalue weighted by Gasteiger charge is -2.55. The van der Waals surface area contributed by atoms with Gasteiger partial charge in [-0.2, -0.15) is 5.26 Å². The van der Waals surface area contributed by atoms with E-state index < -0.39 is 41.2 Å². The number of ether oxygens (including phenoxy) is 1. The average Bonchev–Trinajstić information content (AvgIpc) is 3.26. The lowest BCUT2D eigenvalue weighted by molar-refractivity contribution is -0.153. The third kappa shape index (κ3) is 2.88. The van der Waals surface area contributed by atoms with E-state index in [0.717, 1.165) is 0 Å². The van der Waals surface area contributed by atoms with Gasteiger partial charge in [0.1, 0.15) is 11.8 Å². The summed E-state index contributed by atoms with van der Waals surface area (Å²) in [6.07, 6.45) is 0.208. The highest BCUT2D eigenvalue weighted by Crippen LogP contribution is 2.49. The van der Waals surface area contributed by atoms with Gasteiger partial charge in [-0.3, -0.25) is 20.2 Å². The van der Waals surface area contributed by atoms with Crippen LogP contribution in [0.25, 0.3) is 22.4 Å². The van der Waals surface area contributed by atoms with E-state index in [-0.39, 0.29) is 52.9 Å². The van der Waals surface area contributed by atoms with Crippen LogP contribution in [0.4, 0.5) is 14.9 Å². The van der Waals surface area contributed by atoms with Crippen LogP contribution < -0.4 is 15.5 Å². The summed E-state index contributed by atoms with van der Waals surface area (Å²) >= 11 is 0. The first-order valence-electron chi connectivity index (χ1n) is 11.2. The monoisotopic (exact) mass is 491 g/mol. The number of barbiturate groups is 1. The van der Waals surface area contributed by atoms with Gasteiger partial charge >= 0.3 is 6.03 Å². The van der Waals surface area contributed by atoms with Crippen LogP contribution in [-0.2, 0) is 20.7 Å². The van der Waals surface area contributed by atoms with Crippen molar-refractivity contribution >= 4 is 34.5 Å². The topological polar surface area (TPSA) is 163 Å². The summed E-state index contributed by atoms with van der Waals surface area (Å²) in [6.45, 7) is 3.71. The fraction of sp³-hybridized carbons (Fsp3) is 0.348. The molecule has 0 unspecified atom stereocenters. The number of nitriles is 1. The quantitative estimate of drug-likeness (QED) is 0.473. The molecular formula is C23H18FN7O5. The highest BCUT2D eigenvalue weighted by atomic mass is 19.1. The predicted octanol–water partition coefficient (Wildman–Crippen LogP) is 1.19. The van der Waals surface area contributed by atoms with Crippen LogP contribution in [0.2, 0.25) is 0 Å². The molecule has 0 saturated carbocycles. The van der Waals surface area contributed by atoms with Gasteiger partial charge in [0.15, 0.2) is 11.2 Å². The molecule has 3 atom stereocenters. The van der Waals surface area contributed by atoms with Crippen molar-refractivity contribution in [2.24, 2.45) is 5.41 Å². The summed E-state index contributed by atoms with van der Waals surface area (Å²) in [5.74, 6) is -2.35. The molecule has 3 aliphatic heterocycles. The minimum absolute atomic E-state index is 0.0969. The van der Waals surface area contributed by atoms with Gasteiger partial charge in [0, 0.05) is 19.2 Å². The number of morpholine rings is 1. The zero-order valence-corrected chi connectivity index (χ0v) is 19.0. The van der Waals surface area contributed by atoms with E-state index in [9.17, 15) is 14.4 Å². The Hall–Kier alpha value is -4.44. The van der Waals surface area contributed by atoms with Crippen LogP contribution >= 0.6 is 0 Å². The molecule has 2 fully saturated rings. The van der Waals surface area contributed by atoms with Crippen LogP contribution in [0, 0.1) is 22.6 Å². The number of nitrogens with zero attached hydrogens (tertiary/aromatic N) is 5. The minimum Gasteiger partial charge on any atom is -0.372 e. The lowest BCUT2D eigenvalue weighted by atomic mass is 9.66. The molecule has 2 saturated heterocycles. The van der Waals surface area contributed by atoms with E-state index in [0.29, 0.717) is 5.56 Å². The molecule has 4 amide bonds. The van der Waals surface area contributed by atoms with E-state index in [2.05, 4.69) is 25.8 Å². The van der Waals surface area contributed by atoms with Gasteiger partial charge in [0.25, 0.3) is 0 Å². The fourth-order valence-electron chi connectivity index (χ4n) is 5.68. The Morgan fingerprint density at radius 2 is 2.00 bits per heavy atom. The second-order valence-electron chi connectivity index (χ2n) is 9.12. The molecule has 0 aliphatic carbocycles. The number of nitrogens with one attached hydrogen (secondary N) is 2. The Labute approximate surface area is 202 Å². The highest BCUT2D eigenvalue weighted by Gasteiger charge is 2.63. The van der Waals surface area contributed by atoms with Gasteiger partial charge in [-0.15, -0.1) is 0 Å². The average molecular weight is 491 g/mol. The molecule has 1 aromatic carbocycles. The Morgan fingerprint density at radius 1 is 1.25 bits per heavy atom. The number of anilines is 1. The van der Waals surface area contributed by atoms with Crippen LogP contribution in [-0.4, -0.2) is 57.8 Å². The molecular weight excluding hydrogens is 473 g/mol. The first-order valence-corrected chi connectivity index (χ1v) is 11.2. The molecule has 182 valence electrons. The van der Waals surface area contributed by atoms with Crippen molar-refractivity contribution in [1.82, 2.24) is 25.8 Å². The third-order valence-corrected chi connectivity index (χ3v) is 6.96. The van der Waals surface area contributed by atoms with Crippen molar-refractivity contribution in [3.05, 3.63) is 35.5 Å². The first kappa shape index (κ1) is 22.1. The third-order valence-electron chi connectivity index (χ3n) is 6.96. The SMILES string of the molecule is C[C@@H]1CN2c3c(cc4c(-c5ccnc(C#N)n5)noc4c3F)CC3(C(=O)NC(=O)NC3=O)[C@H]2[C@H](C)O1. The fourth-order valence-corrected chi connectivity index (χ4v) is 5.68. The molecule has 6 rings (SSSR count). The molecule has 2 N–H and O–H groups in total. The van der Waals surface area contributed by atoms with Crippen LogP contribution in [0.5, 0.6) is 0 Å². The van der Waals surface area contributed by atoms with Gasteiger partial charge < -0.3 is 14.2 Å². The maximum absolute atomic E-state index is 16.1. The highest BCUT2D eigenvalue weighted by molar-refractivity contribution is 6.20. The largest absolute Gasteiger partial charge is 0.372 e. The number of imide groups is 2. The number of halogens is 1. The molecule has 36 heavy (non-hydrogen) atoms. The summed E-state index contributed by atoms with van der Waals surface area (Å²) in [5, 5.41) is 17.8. The molecule has 12 nitrogen and oxygen atoms in total. The van der Waals surface area contributed by atoms with Crippen molar-refractivity contribution in [2.75, 3.05) is 11.4 Å². The summed E-state index contributed by atoms with van der Waals surface area (Å²) in [4.78, 5) is 48.1. The number of aromatic nitrogens is 3. The number of urea groups is 1. The molecule has 0 bridgehead atoms. The van der Waals surface area contributed by atoms with E-state index in [1.165, 1.54) is 12.3 Å². The van der Waals surface area contributed by atoms with Gasteiger partial charge in [0.05, 0.1) is 35.0 Å². The van der Waals surface area contributed by atoms with E-state index in [4.69, 9.17) is 14.5 Å². The number of benzene rings is 1. The molecule has 0 radical (unpaired) electrons. The number of hydrogen-bond acceptors (Lipinski definition) is 10. The smallest absolute Gasteiger partial charge is 0.328 e. The van der Waals surface area contributed by atoms with E-state index >= 15 is 4.39 Å². The second-order valence-corrected chi connectivity index (χ2v) is 9.12. The summed E-state index contributed by atoms with van der Waals surface area (Å²) in [5.41, 5.74) is -0.915. The van der Waals surface area contributed by atoms with Gasteiger partial charge in [-0.25, -0.2) is 19.2 Å². The molecule has 3 aliphatic rings. The first-order chi connectivity index (χ1) is 17.2. The Bertz CT molecular complexity index is 1510. The molecule has 2 aromatic heterocycles. The van der Waals surface area contributed by atoms with Crippen molar-refractivity contribution < 1.29 is 28.0 Å². The molecule has 13 heteroatoms. The van der Waals surface area contributed by atoms with E-state index in [1.54, 1.807) is 17.9 Å². The minimum atomic E-state index is -1.75. The summed E-state index contributed by atoms with van der Waals surface area (Å²) in [7, 11) is 0. The molecule has 1 spiro atoms.